The van der Waals surface area contributed by atoms with Crippen molar-refractivity contribution in [3.05, 3.63) is 38.4 Å². The first-order chi connectivity index (χ1) is 12.6. The van der Waals surface area contributed by atoms with Crippen LogP contribution >= 0.6 is 12.2 Å². The van der Waals surface area contributed by atoms with Crippen molar-refractivity contribution in [2.45, 2.75) is 66.2 Å². The van der Waals surface area contributed by atoms with Gasteiger partial charge in [0.2, 0.25) is 0 Å². The van der Waals surface area contributed by atoms with Crippen LogP contribution in [0.1, 0.15) is 44.6 Å². The van der Waals surface area contributed by atoms with E-state index in [0.717, 1.165) is 12.2 Å². The number of aromatic nitrogens is 6. The number of hydrogen-bond acceptors (Lipinski definition) is 5. The Labute approximate surface area is 163 Å². The third-order valence-electron chi connectivity index (χ3n) is 4.73. The van der Waals surface area contributed by atoms with E-state index >= 15 is 0 Å². The van der Waals surface area contributed by atoms with E-state index in [9.17, 15) is 4.79 Å². The molecular formula is C18H27N7OS. The van der Waals surface area contributed by atoms with Gasteiger partial charge in [-0.15, -0.1) is 0 Å². The van der Waals surface area contributed by atoms with Crippen LogP contribution in [0.2, 0.25) is 0 Å². The molecule has 0 aromatic carbocycles. The average Bonchev–Trinajstić information content (AvgIpc) is 3.15. The van der Waals surface area contributed by atoms with Crippen LogP contribution in [0.15, 0.2) is 11.1 Å². The number of rotatable bonds is 5. The van der Waals surface area contributed by atoms with E-state index in [0.29, 0.717) is 22.5 Å². The topological polar surface area (TPSA) is 96.3 Å². The summed E-state index contributed by atoms with van der Waals surface area (Å²) in [6.07, 6.45) is 1.51. The van der Waals surface area contributed by atoms with Crippen molar-refractivity contribution >= 4 is 23.4 Å². The summed E-state index contributed by atoms with van der Waals surface area (Å²) in [5.74, 6) is 0. The van der Waals surface area contributed by atoms with Gasteiger partial charge in [-0.1, -0.05) is 0 Å². The predicted octanol–water partition coefficient (Wildman–Crippen LogP) is 2.53. The summed E-state index contributed by atoms with van der Waals surface area (Å²) in [6.45, 7) is 14.0. The van der Waals surface area contributed by atoms with Gasteiger partial charge < -0.3 is 10.3 Å². The van der Waals surface area contributed by atoms with E-state index < -0.39 is 0 Å². The zero-order valence-electron chi connectivity index (χ0n) is 16.7. The molecule has 0 amide bonds. The van der Waals surface area contributed by atoms with Crippen molar-refractivity contribution in [1.82, 2.24) is 34.6 Å². The van der Waals surface area contributed by atoms with E-state index in [2.05, 4.69) is 59.6 Å². The van der Waals surface area contributed by atoms with Gasteiger partial charge in [0.05, 0.1) is 17.6 Å². The molecule has 27 heavy (non-hydrogen) atoms. The molecular weight excluding hydrogens is 362 g/mol. The Balaban J connectivity index is 1.78. The molecule has 1 unspecified atom stereocenters. The van der Waals surface area contributed by atoms with Crippen molar-refractivity contribution in [3.8, 4) is 0 Å². The molecule has 0 aliphatic heterocycles. The number of aryl methyl sites for hydroxylation is 1. The zero-order valence-corrected chi connectivity index (χ0v) is 17.5. The molecule has 0 spiro atoms. The fourth-order valence-corrected chi connectivity index (χ4v) is 3.60. The monoisotopic (exact) mass is 389 g/mol. The largest absolute Gasteiger partial charge is 0.339 e. The highest BCUT2D eigenvalue weighted by Crippen LogP contribution is 2.21. The first-order valence-electron chi connectivity index (χ1n) is 9.04. The van der Waals surface area contributed by atoms with Crippen LogP contribution in [0.25, 0.3) is 11.2 Å². The molecule has 9 heteroatoms. The van der Waals surface area contributed by atoms with Crippen LogP contribution in [0.4, 0.5) is 0 Å². The molecule has 0 saturated heterocycles. The van der Waals surface area contributed by atoms with Crippen LogP contribution in [-0.2, 0) is 18.6 Å². The maximum Gasteiger partial charge on any atom is 0.277 e. The highest BCUT2D eigenvalue weighted by molar-refractivity contribution is 7.71. The highest BCUT2D eigenvalue weighted by Gasteiger charge is 2.21. The van der Waals surface area contributed by atoms with Gasteiger partial charge in [-0.05, 0) is 53.8 Å². The zero-order chi connectivity index (χ0) is 19.9. The van der Waals surface area contributed by atoms with Crippen molar-refractivity contribution in [3.63, 3.8) is 0 Å². The Bertz CT molecular complexity index is 1080. The molecule has 1 atom stereocenters. The SMILES string of the molecule is Cc1nn(C(C)(C)C)c(C)c1CNC(C)Cn1c(=S)[nH]c(=O)c2[nH]cnc21. The second kappa shape index (κ2) is 7.05. The maximum absolute atomic E-state index is 11.9. The summed E-state index contributed by atoms with van der Waals surface area (Å²) in [5, 5.41) is 8.24. The smallest absolute Gasteiger partial charge is 0.277 e. The molecule has 3 heterocycles. The fraction of sp³-hybridized carbons (Fsp3) is 0.556. The molecule has 0 radical (unpaired) electrons. The molecule has 0 aliphatic rings. The van der Waals surface area contributed by atoms with E-state index in [4.69, 9.17) is 17.3 Å². The number of nitrogens with one attached hydrogen (secondary N) is 3. The third-order valence-corrected chi connectivity index (χ3v) is 5.05. The normalized spacial score (nSPS) is 13.4. The summed E-state index contributed by atoms with van der Waals surface area (Å²) < 4.78 is 4.30. The highest BCUT2D eigenvalue weighted by atomic mass is 32.1. The summed E-state index contributed by atoms with van der Waals surface area (Å²) in [5.41, 5.74) is 4.15. The maximum atomic E-state index is 11.9. The predicted molar refractivity (Wildman–Crippen MR) is 109 cm³/mol. The fourth-order valence-electron chi connectivity index (χ4n) is 3.35. The number of nitrogens with zero attached hydrogens (tertiary/aromatic N) is 4. The van der Waals surface area contributed by atoms with Gasteiger partial charge in [0.15, 0.2) is 10.4 Å². The summed E-state index contributed by atoms with van der Waals surface area (Å²) in [7, 11) is 0. The van der Waals surface area contributed by atoms with Crippen LogP contribution in [0.3, 0.4) is 0 Å². The van der Waals surface area contributed by atoms with Crippen LogP contribution < -0.4 is 10.9 Å². The summed E-state index contributed by atoms with van der Waals surface area (Å²) in [4.78, 5) is 21.7. The molecule has 3 N–H and O–H groups in total. The molecule has 0 saturated carbocycles. The third kappa shape index (κ3) is 3.74. The lowest BCUT2D eigenvalue weighted by Crippen LogP contribution is -2.32. The minimum atomic E-state index is -0.245. The first-order valence-corrected chi connectivity index (χ1v) is 9.45. The molecule has 0 fully saturated rings. The Morgan fingerprint density at radius 3 is 2.67 bits per heavy atom. The van der Waals surface area contributed by atoms with Gasteiger partial charge in [-0.2, -0.15) is 5.10 Å². The van der Waals surface area contributed by atoms with Crippen LogP contribution in [0, 0.1) is 18.6 Å². The molecule has 0 bridgehead atoms. The Kier molecular flexibility index (Phi) is 5.09. The number of imidazole rings is 1. The Hall–Kier alpha value is -2.26. The Morgan fingerprint density at radius 2 is 2.04 bits per heavy atom. The second-order valence-electron chi connectivity index (χ2n) is 7.98. The van der Waals surface area contributed by atoms with E-state index in [1.807, 2.05) is 11.5 Å². The molecule has 146 valence electrons. The van der Waals surface area contributed by atoms with Crippen molar-refractivity contribution in [2.24, 2.45) is 0 Å². The molecule has 0 aliphatic carbocycles. The van der Waals surface area contributed by atoms with Gasteiger partial charge >= 0.3 is 0 Å². The minimum Gasteiger partial charge on any atom is -0.339 e. The summed E-state index contributed by atoms with van der Waals surface area (Å²) >= 11 is 5.33. The van der Waals surface area contributed by atoms with Crippen molar-refractivity contribution < 1.29 is 0 Å². The lowest BCUT2D eigenvalue weighted by molar-refractivity contribution is 0.346. The molecule has 8 nitrogen and oxygen atoms in total. The van der Waals surface area contributed by atoms with Crippen LogP contribution in [0.5, 0.6) is 0 Å². The molecule has 3 rings (SSSR count). The number of fused-ring (bicyclic) bond motifs is 1. The lowest BCUT2D eigenvalue weighted by atomic mass is 10.1. The van der Waals surface area contributed by atoms with Gasteiger partial charge in [-0.25, -0.2) is 4.98 Å². The first kappa shape index (κ1) is 19.5. The second-order valence-corrected chi connectivity index (χ2v) is 8.37. The number of hydrogen-bond donors (Lipinski definition) is 3. The van der Waals surface area contributed by atoms with Crippen LogP contribution in [-0.4, -0.2) is 35.3 Å². The van der Waals surface area contributed by atoms with Gasteiger partial charge in [-0.3, -0.25) is 19.0 Å². The van der Waals surface area contributed by atoms with Gasteiger partial charge in [0.1, 0.15) is 5.52 Å². The quantitative estimate of drug-likeness (QED) is 0.583. The van der Waals surface area contributed by atoms with E-state index in [-0.39, 0.29) is 17.1 Å². The Morgan fingerprint density at radius 1 is 1.33 bits per heavy atom. The minimum absolute atomic E-state index is 0.0484. The lowest BCUT2D eigenvalue weighted by Gasteiger charge is -2.22. The summed E-state index contributed by atoms with van der Waals surface area (Å²) in [6, 6.07) is 0.124. The number of aromatic amines is 2. The van der Waals surface area contributed by atoms with E-state index in [1.54, 1.807) is 0 Å². The van der Waals surface area contributed by atoms with Gasteiger partial charge in [0.25, 0.3) is 5.56 Å². The average molecular weight is 390 g/mol. The molecule has 3 aromatic rings. The van der Waals surface area contributed by atoms with Crippen molar-refractivity contribution in [2.75, 3.05) is 0 Å². The van der Waals surface area contributed by atoms with E-state index in [1.165, 1.54) is 17.6 Å². The molecule has 3 aromatic heterocycles. The van der Waals surface area contributed by atoms with Crippen molar-refractivity contribution in [1.29, 1.82) is 0 Å². The number of H-pyrrole nitrogens is 2. The standard InChI is InChI=1S/C18H27N7OS/c1-10(8-24-15-14(20-9-21-15)16(26)22-17(24)27)19-7-13-11(2)23-25(12(13)3)18(4,5)6/h9-10,19H,7-8H2,1-6H3,(H,20,21)(H,22,26,27). The van der Waals surface area contributed by atoms with Gasteiger partial charge in [0, 0.05) is 30.4 Å².